The number of nitrogens with zero attached hydrogens (tertiary/aromatic N) is 2. The van der Waals surface area contributed by atoms with E-state index < -0.39 is 12.0 Å². The molecule has 6 heteroatoms. The maximum absolute atomic E-state index is 13.2. The summed E-state index contributed by atoms with van der Waals surface area (Å²) in [4.78, 5) is 44.2. The second-order valence-electron chi connectivity index (χ2n) is 7.57. The van der Waals surface area contributed by atoms with Crippen molar-refractivity contribution in [3.63, 3.8) is 0 Å². The number of methoxy groups -OCH3 is 1. The number of ether oxygens (including phenoxy) is 1. The highest BCUT2D eigenvalue weighted by Crippen LogP contribution is 2.28. The SMILES string of the molecule is COC(=O)[C@@H]1CCCN1C(=O)[C@@H](CC(=O)c1ccnc2ccccc12)C(C)C. The van der Waals surface area contributed by atoms with Crippen LogP contribution in [0.3, 0.4) is 0 Å². The number of fused-ring (bicyclic) bond motifs is 1. The molecule has 28 heavy (non-hydrogen) atoms. The molecule has 1 aromatic heterocycles. The summed E-state index contributed by atoms with van der Waals surface area (Å²) in [5.41, 5.74) is 1.33. The number of hydrogen-bond donors (Lipinski definition) is 0. The van der Waals surface area contributed by atoms with Crippen LogP contribution in [0.15, 0.2) is 36.5 Å². The third-order valence-electron chi connectivity index (χ3n) is 5.49. The van der Waals surface area contributed by atoms with Crippen LogP contribution in [0, 0.1) is 11.8 Å². The van der Waals surface area contributed by atoms with Crippen molar-refractivity contribution in [2.75, 3.05) is 13.7 Å². The first-order valence-electron chi connectivity index (χ1n) is 9.69. The van der Waals surface area contributed by atoms with E-state index >= 15 is 0 Å². The lowest BCUT2D eigenvalue weighted by Crippen LogP contribution is -2.45. The monoisotopic (exact) mass is 382 g/mol. The van der Waals surface area contributed by atoms with Crippen LogP contribution in [-0.4, -0.2) is 47.2 Å². The van der Waals surface area contributed by atoms with E-state index in [0.29, 0.717) is 18.5 Å². The van der Waals surface area contributed by atoms with Crippen LogP contribution in [0.2, 0.25) is 0 Å². The molecular weight excluding hydrogens is 356 g/mol. The fourth-order valence-electron chi connectivity index (χ4n) is 3.88. The summed E-state index contributed by atoms with van der Waals surface area (Å²) in [5.74, 6) is -1.12. The van der Waals surface area contributed by atoms with Crippen LogP contribution in [0.5, 0.6) is 0 Å². The number of ketones is 1. The van der Waals surface area contributed by atoms with E-state index in [1.54, 1.807) is 17.2 Å². The Labute approximate surface area is 164 Å². The fourth-order valence-corrected chi connectivity index (χ4v) is 3.88. The Morgan fingerprint density at radius 3 is 2.68 bits per heavy atom. The molecule has 1 aliphatic rings. The van der Waals surface area contributed by atoms with Crippen molar-refractivity contribution in [1.29, 1.82) is 0 Å². The van der Waals surface area contributed by atoms with Crippen molar-refractivity contribution in [1.82, 2.24) is 9.88 Å². The normalized spacial score (nSPS) is 17.7. The van der Waals surface area contributed by atoms with Gasteiger partial charge in [-0.2, -0.15) is 0 Å². The number of likely N-dealkylation sites (tertiary alicyclic amines) is 1. The minimum Gasteiger partial charge on any atom is -0.467 e. The topological polar surface area (TPSA) is 76.6 Å². The number of amides is 1. The molecule has 0 aliphatic carbocycles. The smallest absolute Gasteiger partial charge is 0.328 e. The molecule has 0 radical (unpaired) electrons. The summed E-state index contributed by atoms with van der Waals surface area (Å²) >= 11 is 0. The predicted octanol–water partition coefficient (Wildman–Crippen LogP) is 3.24. The van der Waals surface area contributed by atoms with Crippen molar-refractivity contribution in [2.24, 2.45) is 11.8 Å². The lowest BCUT2D eigenvalue weighted by molar-refractivity contribution is -0.152. The van der Waals surface area contributed by atoms with Crippen molar-refractivity contribution >= 4 is 28.6 Å². The summed E-state index contributed by atoms with van der Waals surface area (Å²) in [6, 6.07) is 8.65. The van der Waals surface area contributed by atoms with Gasteiger partial charge in [0.25, 0.3) is 0 Å². The quantitative estimate of drug-likeness (QED) is 0.566. The number of carbonyl (C=O) groups excluding carboxylic acids is 3. The number of para-hydroxylation sites is 1. The number of hydrogen-bond acceptors (Lipinski definition) is 5. The minimum absolute atomic E-state index is 0.0246. The molecule has 2 atom stereocenters. The maximum atomic E-state index is 13.2. The van der Waals surface area contributed by atoms with Crippen LogP contribution in [0.1, 0.15) is 43.5 Å². The maximum Gasteiger partial charge on any atom is 0.328 e. The summed E-state index contributed by atoms with van der Waals surface area (Å²) in [7, 11) is 1.33. The van der Waals surface area contributed by atoms with E-state index in [2.05, 4.69) is 4.98 Å². The number of carbonyl (C=O) groups is 3. The van der Waals surface area contributed by atoms with Crippen molar-refractivity contribution < 1.29 is 19.1 Å². The van der Waals surface area contributed by atoms with Crippen molar-refractivity contribution in [2.45, 2.75) is 39.2 Å². The average molecular weight is 382 g/mol. The van der Waals surface area contributed by atoms with Gasteiger partial charge in [0.05, 0.1) is 12.6 Å². The third kappa shape index (κ3) is 3.91. The van der Waals surface area contributed by atoms with Crippen LogP contribution >= 0.6 is 0 Å². The molecule has 0 spiro atoms. The zero-order valence-corrected chi connectivity index (χ0v) is 16.6. The van der Waals surface area contributed by atoms with Crippen LogP contribution in [0.4, 0.5) is 0 Å². The average Bonchev–Trinajstić information content (AvgIpc) is 3.20. The largest absolute Gasteiger partial charge is 0.467 e. The van der Waals surface area contributed by atoms with Gasteiger partial charge in [-0.15, -0.1) is 0 Å². The molecule has 0 bridgehead atoms. The fraction of sp³-hybridized carbons (Fsp3) is 0.455. The van der Waals surface area contributed by atoms with Gasteiger partial charge >= 0.3 is 5.97 Å². The van der Waals surface area contributed by atoms with Gasteiger partial charge in [0, 0.05) is 36.0 Å². The summed E-state index contributed by atoms with van der Waals surface area (Å²) < 4.78 is 4.85. The summed E-state index contributed by atoms with van der Waals surface area (Å²) in [5, 5.41) is 0.790. The van der Waals surface area contributed by atoms with Gasteiger partial charge < -0.3 is 9.64 Å². The molecule has 3 rings (SSSR count). The number of Topliss-reactive ketones (excluding diaryl/α,β-unsaturated/α-hetero) is 1. The highest BCUT2D eigenvalue weighted by molar-refractivity contribution is 6.08. The highest BCUT2D eigenvalue weighted by atomic mass is 16.5. The Kier molecular flexibility index (Phi) is 6.07. The van der Waals surface area contributed by atoms with Gasteiger partial charge in [0.2, 0.25) is 5.91 Å². The molecule has 2 aromatic rings. The van der Waals surface area contributed by atoms with E-state index in [1.165, 1.54) is 7.11 Å². The number of aromatic nitrogens is 1. The number of benzene rings is 1. The van der Waals surface area contributed by atoms with Gasteiger partial charge in [0.15, 0.2) is 5.78 Å². The van der Waals surface area contributed by atoms with Crippen molar-refractivity contribution in [3.8, 4) is 0 Å². The highest BCUT2D eigenvalue weighted by Gasteiger charge is 2.39. The zero-order chi connectivity index (χ0) is 20.3. The van der Waals surface area contributed by atoms with Crippen molar-refractivity contribution in [3.05, 3.63) is 42.1 Å². The summed E-state index contributed by atoms with van der Waals surface area (Å²) in [6.45, 7) is 4.39. The molecular formula is C22H26N2O4. The first-order valence-corrected chi connectivity index (χ1v) is 9.69. The second kappa shape index (κ2) is 8.50. The lowest BCUT2D eigenvalue weighted by Gasteiger charge is -2.29. The molecule has 1 fully saturated rings. The van der Waals surface area contributed by atoms with Gasteiger partial charge in [-0.25, -0.2) is 4.79 Å². The third-order valence-corrected chi connectivity index (χ3v) is 5.49. The number of pyridine rings is 1. The Morgan fingerprint density at radius 2 is 1.96 bits per heavy atom. The van der Waals surface area contributed by atoms with Crippen LogP contribution in [-0.2, 0) is 14.3 Å². The Bertz CT molecular complexity index is 888. The van der Waals surface area contributed by atoms with Crippen LogP contribution in [0.25, 0.3) is 10.9 Å². The van der Waals surface area contributed by atoms with Crippen LogP contribution < -0.4 is 0 Å². The van der Waals surface area contributed by atoms with Gasteiger partial charge in [0.1, 0.15) is 6.04 Å². The first kappa shape index (κ1) is 20.0. The van der Waals surface area contributed by atoms with E-state index in [1.807, 2.05) is 38.1 Å². The second-order valence-corrected chi connectivity index (χ2v) is 7.57. The Balaban J connectivity index is 1.84. The van der Waals surface area contributed by atoms with E-state index in [9.17, 15) is 14.4 Å². The van der Waals surface area contributed by atoms with Gasteiger partial charge in [-0.3, -0.25) is 14.6 Å². The van der Waals surface area contributed by atoms with Gasteiger partial charge in [-0.1, -0.05) is 32.0 Å². The Morgan fingerprint density at radius 1 is 1.21 bits per heavy atom. The number of rotatable bonds is 6. The molecule has 6 nitrogen and oxygen atoms in total. The molecule has 2 heterocycles. The molecule has 1 saturated heterocycles. The molecule has 0 N–H and O–H groups in total. The summed E-state index contributed by atoms with van der Waals surface area (Å²) in [6.07, 6.45) is 3.09. The number of esters is 1. The Hall–Kier alpha value is -2.76. The zero-order valence-electron chi connectivity index (χ0n) is 16.6. The molecule has 0 unspecified atom stereocenters. The van der Waals surface area contributed by atoms with Gasteiger partial charge in [-0.05, 0) is 30.9 Å². The standard InChI is InChI=1S/C22H26N2O4/c1-14(2)17(21(26)24-12-6-9-19(24)22(27)28-3)13-20(25)16-10-11-23-18-8-5-4-7-15(16)18/h4-5,7-8,10-11,14,17,19H,6,9,12-13H2,1-3H3/t17-,19-/m0/s1. The molecule has 1 aliphatic heterocycles. The molecule has 1 aromatic carbocycles. The molecule has 0 saturated carbocycles. The van der Waals surface area contributed by atoms with E-state index in [-0.39, 0.29) is 30.0 Å². The lowest BCUT2D eigenvalue weighted by atomic mass is 9.87. The van der Waals surface area contributed by atoms with E-state index in [0.717, 1.165) is 17.3 Å². The minimum atomic E-state index is -0.546. The molecule has 1 amide bonds. The predicted molar refractivity (Wildman–Crippen MR) is 106 cm³/mol. The molecule has 148 valence electrons. The van der Waals surface area contributed by atoms with E-state index in [4.69, 9.17) is 4.74 Å². The first-order chi connectivity index (χ1) is 13.4.